The van der Waals surface area contributed by atoms with E-state index < -0.39 is 5.97 Å². The van der Waals surface area contributed by atoms with Crippen molar-refractivity contribution >= 4 is 11.9 Å². The van der Waals surface area contributed by atoms with Gasteiger partial charge in [-0.25, -0.2) is 9.59 Å². The number of rotatable bonds is 12. The van der Waals surface area contributed by atoms with Crippen LogP contribution >= 0.6 is 0 Å². The van der Waals surface area contributed by atoms with Crippen molar-refractivity contribution in [3.63, 3.8) is 0 Å². The Morgan fingerprint density at radius 3 is 1.25 bits per heavy atom. The average molecular weight is 933 g/mol. The quantitative estimate of drug-likeness (QED) is 0.0718. The van der Waals surface area contributed by atoms with Crippen LogP contribution in [0.4, 0.5) is 0 Å². The zero-order valence-corrected chi connectivity index (χ0v) is 38.7. The lowest BCUT2D eigenvalue weighted by molar-refractivity contribution is -0.182. The van der Waals surface area contributed by atoms with E-state index in [1.54, 1.807) is 12.1 Å². The molecule has 0 radical (unpaired) electrons. The van der Waals surface area contributed by atoms with Gasteiger partial charge in [-0.05, 0) is 158 Å². The van der Waals surface area contributed by atoms with Gasteiger partial charge in [0.25, 0.3) is 0 Å². The summed E-state index contributed by atoms with van der Waals surface area (Å²) in [7, 11) is 1.41. The van der Waals surface area contributed by atoms with E-state index >= 15 is 0 Å². The highest BCUT2D eigenvalue weighted by Gasteiger charge is 2.25. The van der Waals surface area contributed by atoms with Crippen LogP contribution in [0, 0.1) is 11.8 Å². The molecule has 2 saturated heterocycles. The molecule has 11 heteroatoms. The van der Waals surface area contributed by atoms with Gasteiger partial charge in [-0.1, -0.05) is 104 Å². The zero-order valence-electron chi connectivity index (χ0n) is 38.7. The van der Waals surface area contributed by atoms with E-state index in [4.69, 9.17) is 28.9 Å². The standard InChI is InChI=1S/C29H31NO4.C28H29NO5.CH4/c1-32-29(31)25-12-6-21(7-13-25)18-22-14-16-30(17-15-22)19-23-8-10-24(11-9-23)28-20-33-26-4-2-3-5-27(26)34-28;30-28(34-31)24-11-5-20(6-12-24)17-21-13-15-29(16-14-21)18-22-7-9-23(10-8-22)27-19-32-25-3-1-2-4-26(25)33-27;/h2-13,22,28H,14-20H2,1H3;1-12,21,27,31H,13-19H2;1H4/t28-;27-;/m11./s1. The van der Waals surface area contributed by atoms with E-state index in [-0.39, 0.29) is 25.6 Å². The van der Waals surface area contributed by atoms with E-state index in [2.05, 4.69) is 75.4 Å². The van der Waals surface area contributed by atoms with Crippen LogP contribution in [0.2, 0.25) is 0 Å². The van der Waals surface area contributed by atoms with Crippen molar-refractivity contribution in [2.75, 3.05) is 46.5 Å². The summed E-state index contributed by atoms with van der Waals surface area (Å²) in [5, 5.41) is 8.49. The van der Waals surface area contributed by atoms with Gasteiger partial charge >= 0.3 is 11.9 Å². The van der Waals surface area contributed by atoms with Crippen LogP contribution in [0.25, 0.3) is 0 Å². The zero-order chi connectivity index (χ0) is 46.7. The fourth-order valence-corrected chi connectivity index (χ4v) is 9.65. The third-order valence-electron chi connectivity index (χ3n) is 13.6. The molecule has 360 valence electrons. The monoisotopic (exact) mass is 932 g/mol. The molecule has 0 unspecified atom stereocenters. The smallest absolute Gasteiger partial charge is 0.372 e. The van der Waals surface area contributed by atoms with Crippen molar-refractivity contribution < 1.29 is 43.4 Å². The van der Waals surface area contributed by atoms with Crippen LogP contribution in [-0.2, 0) is 35.6 Å². The fourth-order valence-electron chi connectivity index (χ4n) is 9.65. The number of carbonyl (C=O) groups excluding carboxylic acids is 2. The summed E-state index contributed by atoms with van der Waals surface area (Å²) in [6, 6.07) is 48.2. The van der Waals surface area contributed by atoms with E-state index in [0.29, 0.717) is 36.2 Å². The molecule has 6 aromatic rings. The van der Waals surface area contributed by atoms with Crippen molar-refractivity contribution in [2.45, 2.75) is 71.2 Å². The van der Waals surface area contributed by atoms with E-state index in [1.807, 2.05) is 72.8 Å². The number of hydrogen-bond acceptors (Lipinski definition) is 11. The first-order valence-corrected chi connectivity index (χ1v) is 23.9. The number of piperidine rings is 2. The van der Waals surface area contributed by atoms with Crippen molar-refractivity contribution in [1.82, 2.24) is 9.80 Å². The van der Waals surface area contributed by atoms with Gasteiger partial charge in [0.1, 0.15) is 13.2 Å². The number of likely N-dealkylation sites (tertiary alicyclic amines) is 2. The summed E-state index contributed by atoms with van der Waals surface area (Å²) < 4.78 is 28.8. The lowest BCUT2D eigenvalue weighted by atomic mass is 9.89. The summed E-state index contributed by atoms with van der Waals surface area (Å²) in [6.07, 6.45) is 6.63. The molecule has 11 nitrogen and oxygen atoms in total. The Balaban J connectivity index is 0.000000183. The normalized spacial score (nSPS) is 18.2. The summed E-state index contributed by atoms with van der Waals surface area (Å²) in [5.74, 6) is 3.56. The number of benzene rings is 6. The minimum absolute atomic E-state index is 0. The Bertz CT molecular complexity index is 2390. The van der Waals surface area contributed by atoms with Gasteiger partial charge in [-0.15, -0.1) is 0 Å². The molecule has 10 rings (SSSR count). The molecule has 4 aliphatic rings. The molecule has 0 saturated carbocycles. The van der Waals surface area contributed by atoms with Crippen molar-refractivity contribution in [2.24, 2.45) is 11.8 Å². The maximum absolute atomic E-state index is 11.6. The second-order valence-electron chi connectivity index (χ2n) is 18.3. The predicted molar refractivity (Wildman–Crippen MR) is 266 cm³/mol. The highest BCUT2D eigenvalue weighted by atomic mass is 17.1. The minimum Gasteiger partial charge on any atom is -0.485 e. The number of nitrogens with zero attached hydrogens (tertiary/aromatic N) is 2. The molecule has 0 bridgehead atoms. The topological polar surface area (TPSA) is 116 Å². The fraction of sp³-hybridized carbons (Fsp3) is 0.345. The number of methoxy groups -OCH3 is 1. The first-order valence-electron chi connectivity index (χ1n) is 23.9. The Morgan fingerprint density at radius 1 is 0.507 bits per heavy atom. The van der Waals surface area contributed by atoms with Gasteiger partial charge in [0.15, 0.2) is 35.2 Å². The summed E-state index contributed by atoms with van der Waals surface area (Å²) in [5.41, 5.74) is 8.39. The molecule has 2 atom stereocenters. The second-order valence-corrected chi connectivity index (χ2v) is 18.3. The number of hydrogen-bond donors (Lipinski definition) is 1. The number of para-hydroxylation sites is 4. The predicted octanol–water partition coefficient (Wildman–Crippen LogP) is 11.4. The number of carbonyl (C=O) groups is 2. The Labute approximate surface area is 406 Å². The lowest BCUT2D eigenvalue weighted by Crippen LogP contribution is -2.33. The Hall–Kier alpha value is -6.66. The van der Waals surface area contributed by atoms with Gasteiger partial charge in [0, 0.05) is 13.1 Å². The van der Waals surface area contributed by atoms with Crippen molar-refractivity contribution in [1.29, 1.82) is 0 Å². The van der Waals surface area contributed by atoms with Gasteiger partial charge in [0.2, 0.25) is 0 Å². The Morgan fingerprint density at radius 2 is 0.870 bits per heavy atom. The largest absolute Gasteiger partial charge is 0.485 e. The van der Waals surface area contributed by atoms with Crippen molar-refractivity contribution in [3.05, 3.63) is 190 Å². The third kappa shape index (κ3) is 12.9. The number of esters is 1. The van der Waals surface area contributed by atoms with Gasteiger partial charge in [-0.3, -0.25) is 14.7 Å². The SMILES string of the molecule is C.COC(=O)c1ccc(CC2CCN(Cc3ccc([C@H]4COc5ccccc5O4)cc3)CC2)cc1.O=C(OO)c1ccc(CC2CCN(Cc3ccc([C@H]4COc5ccccc5O4)cc3)CC2)cc1. The number of fused-ring (bicyclic) bond motifs is 2. The van der Waals surface area contributed by atoms with Crippen LogP contribution in [0.1, 0.15) is 99.4 Å². The molecule has 4 heterocycles. The van der Waals surface area contributed by atoms with Gasteiger partial charge < -0.3 is 23.7 Å². The lowest BCUT2D eigenvalue weighted by Gasteiger charge is -2.32. The number of ether oxygens (including phenoxy) is 5. The summed E-state index contributed by atoms with van der Waals surface area (Å²) >= 11 is 0. The average Bonchev–Trinajstić information content (AvgIpc) is 3.40. The molecular weight excluding hydrogens is 869 g/mol. The van der Waals surface area contributed by atoms with E-state index in [1.165, 1.54) is 42.2 Å². The molecule has 0 spiro atoms. The molecule has 4 aliphatic heterocycles. The van der Waals surface area contributed by atoms with Crippen LogP contribution in [0.15, 0.2) is 146 Å². The molecule has 1 N–H and O–H groups in total. The molecule has 0 aliphatic carbocycles. The maximum Gasteiger partial charge on any atom is 0.372 e. The highest BCUT2D eigenvalue weighted by Crippen LogP contribution is 2.37. The Kier molecular flexibility index (Phi) is 16.7. The first-order chi connectivity index (χ1) is 33.3. The third-order valence-corrected chi connectivity index (χ3v) is 13.6. The minimum atomic E-state index is -0.724. The molecule has 0 aromatic heterocycles. The first kappa shape index (κ1) is 48.8. The van der Waals surface area contributed by atoms with Crippen LogP contribution < -0.4 is 18.9 Å². The van der Waals surface area contributed by atoms with Crippen LogP contribution in [0.3, 0.4) is 0 Å². The molecule has 2 fully saturated rings. The molecule has 0 amide bonds. The van der Waals surface area contributed by atoms with Crippen LogP contribution in [-0.4, -0.2) is 73.5 Å². The highest BCUT2D eigenvalue weighted by molar-refractivity contribution is 5.89. The van der Waals surface area contributed by atoms with Crippen molar-refractivity contribution in [3.8, 4) is 23.0 Å². The molecular formula is C58H64N2O9. The summed E-state index contributed by atoms with van der Waals surface area (Å²) in [6.45, 7) is 7.39. The van der Waals surface area contributed by atoms with Crippen LogP contribution in [0.5, 0.6) is 23.0 Å². The molecule has 69 heavy (non-hydrogen) atoms. The van der Waals surface area contributed by atoms with Gasteiger partial charge in [0.05, 0.1) is 18.2 Å². The van der Waals surface area contributed by atoms with E-state index in [9.17, 15) is 9.59 Å². The van der Waals surface area contributed by atoms with E-state index in [0.717, 1.165) is 99.1 Å². The summed E-state index contributed by atoms with van der Waals surface area (Å²) in [4.78, 5) is 31.8. The maximum atomic E-state index is 11.6. The van der Waals surface area contributed by atoms with Gasteiger partial charge in [-0.2, -0.15) is 5.26 Å². The second kappa shape index (κ2) is 23.6. The molecule has 6 aromatic carbocycles.